The minimum absolute atomic E-state index is 0.0760. The lowest BCUT2D eigenvalue weighted by molar-refractivity contribution is 0.0200. The van der Waals surface area contributed by atoms with E-state index >= 15 is 0 Å². The molecule has 0 aromatic carbocycles. The van der Waals surface area contributed by atoms with E-state index in [1.807, 2.05) is 20.8 Å². The van der Waals surface area contributed by atoms with Gasteiger partial charge in [-0.05, 0) is 45.7 Å². The zero-order valence-corrected chi connectivity index (χ0v) is 14.6. The molecule has 1 N–H and O–H groups in total. The molecule has 1 fully saturated rings. The van der Waals surface area contributed by atoms with E-state index in [-0.39, 0.29) is 18.0 Å². The van der Waals surface area contributed by atoms with Crippen LogP contribution in [0.3, 0.4) is 0 Å². The van der Waals surface area contributed by atoms with Crippen LogP contribution in [0, 0.1) is 0 Å². The number of piperidine rings is 1. The van der Waals surface area contributed by atoms with Crippen molar-refractivity contribution in [3.8, 4) is 0 Å². The Labute approximate surface area is 139 Å². The van der Waals surface area contributed by atoms with Gasteiger partial charge in [0.15, 0.2) is 0 Å². The molecule has 1 aromatic heterocycles. The molecule has 0 unspecified atom stereocenters. The molecule has 1 aromatic rings. The second-order valence-electron chi connectivity index (χ2n) is 6.32. The molecule has 22 heavy (non-hydrogen) atoms. The summed E-state index contributed by atoms with van der Waals surface area (Å²) < 4.78 is 5.95. The number of hydrogen-bond donors (Lipinski definition) is 1. The summed E-state index contributed by atoms with van der Waals surface area (Å²) in [6, 6.07) is 3.51. The monoisotopic (exact) mass is 344 g/mol. The molecule has 122 valence electrons. The smallest absolute Gasteiger partial charge is 0.410 e. The third kappa shape index (κ3) is 4.88. The van der Waals surface area contributed by atoms with E-state index in [9.17, 15) is 9.59 Å². The Balaban J connectivity index is 1.80. The Hall–Kier alpha value is -1.27. The van der Waals surface area contributed by atoms with Crippen molar-refractivity contribution in [3.05, 3.63) is 21.3 Å². The van der Waals surface area contributed by atoms with Crippen molar-refractivity contribution < 1.29 is 14.3 Å². The third-order valence-corrected chi connectivity index (χ3v) is 4.51. The molecule has 2 rings (SSSR count). The number of nitrogens with zero attached hydrogens (tertiary/aromatic N) is 1. The molecule has 1 aliphatic rings. The van der Waals surface area contributed by atoms with Crippen LogP contribution < -0.4 is 5.32 Å². The molecular formula is C15H21ClN2O3S. The Kier molecular flexibility index (Phi) is 5.34. The Morgan fingerprint density at radius 1 is 1.32 bits per heavy atom. The standard InChI is InChI=1S/C15H21ClN2O3S/c1-15(2,3)21-14(20)18-8-6-10(7-9-18)17-13(19)11-4-5-12(16)22-11/h4-5,10H,6-9H2,1-3H3,(H,17,19). The highest BCUT2D eigenvalue weighted by molar-refractivity contribution is 7.17. The zero-order valence-electron chi connectivity index (χ0n) is 13.0. The first-order valence-corrected chi connectivity index (χ1v) is 8.48. The normalized spacial score (nSPS) is 16.5. The number of thiophene rings is 1. The molecule has 2 amide bonds. The Morgan fingerprint density at radius 3 is 2.45 bits per heavy atom. The van der Waals surface area contributed by atoms with Crippen molar-refractivity contribution in [2.75, 3.05) is 13.1 Å². The Morgan fingerprint density at radius 2 is 1.95 bits per heavy atom. The van der Waals surface area contributed by atoms with Gasteiger partial charge in [-0.1, -0.05) is 11.6 Å². The van der Waals surface area contributed by atoms with Crippen LogP contribution >= 0.6 is 22.9 Å². The van der Waals surface area contributed by atoms with Crippen LogP contribution in [0.25, 0.3) is 0 Å². The molecule has 5 nitrogen and oxygen atoms in total. The number of halogens is 1. The molecule has 1 saturated heterocycles. The van der Waals surface area contributed by atoms with Gasteiger partial charge < -0.3 is 15.0 Å². The Bertz CT molecular complexity index is 545. The fourth-order valence-electron chi connectivity index (χ4n) is 2.23. The average Bonchev–Trinajstić information content (AvgIpc) is 2.84. The number of carbonyl (C=O) groups is 2. The predicted octanol–water partition coefficient (Wildman–Crippen LogP) is 3.53. The quantitative estimate of drug-likeness (QED) is 0.892. The van der Waals surface area contributed by atoms with Crippen molar-refractivity contribution in [1.29, 1.82) is 0 Å². The van der Waals surface area contributed by atoms with E-state index in [2.05, 4.69) is 5.32 Å². The summed E-state index contributed by atoms with van der Waals surface area (Å²) in [4.78, 5) is 26.3. The lowest BCUT2D eigenvalue weighted by atomic mass is 10.1. The van der Waals surface area contributed by atoms with Crippen molar-refractivity contribution >= 4 is 34.9 Å². The summed E-state index contributed by atoms with van der Waals surface area (Å²) in [6.07, 6.45) is 1.16. The maximum Gasteiger partial charge on any atom is 0.410 e. The third-order valence-electron chi connectivity index (χ3n) is 3.28. The fraction of sp³-hybridized carbons (Fsp3) is 0.600. The highest BCUT2D eigenvalue weighted by Gasteiger charge is 2.27. The summed E-state index contributed by atoms with van der Waals surface area (Å²) in [5, 5.41) is 2.99. The first kappa shape index (κ1) is 17.1. The van der Waals surface area contributed by atoms with Gasteiger partial charge in [0.05, 0.1) is 9.21 Å². The lowest BCUT2D eigenvalue weighted by Gasteiger charge is -2.33. The van der Waals surface area contributed by atoms with Gasteiger partial charge in [-0.15, -0.1) is 11.3 Å². The molecule has 2 heterocycles. The second-order valence-corrected chi connectivity index (χ2v) is 8.03. The summed E-state index contributed by atoms with van der Waals surface area (Å²) in [6.45, 7) is 6.73. The minimum Gasteiger partial charge on any atom is -0.444 e. The first-order valence-electron chi connectivity index (χ1n) is 7.29. The molecule has 0 spiro atoms. The first-order chi connectivity index (χ1) is 10.2. The van der Waals surface area contributed by atoms with Crippen LogP contribution in [0.5, 0.6) is 0 Å². The van der Waals surface area contributed by atoms with Crippen molar-refractivity contribution in [3.63, 3.8) is 0 Å². The maximum absolute atomic E-state index is 12.1. The molecule has 0 saturated carbocycles. The minimum atomic E-state index is -0.486. The SMILES string of the molecule is CC(C)(C)OC(=O)N1CCC(NC(=O)c2ccc(Cl)s2)CC1. The molecule has 0 aliphatic carbocycles. The molecular weight excluding hydrogens is 324 g/mol. The van der Waals surface area contributed by atoms with Crippen LogP contribution in [0.1, 0.15) is 43.3 Å². The van der Waals surface area contributed by atoms with Gasteiger partial charge in [0.2, 0.25) is 0 Å². The van der Waals surface area contributed by atoms with Crippen LogP contribution in [-0.4, -0.2) is 41.6 Å². The highest BCUT2D eigenvalue weighted by atomic mass is 35.5. The molecule has 0 radical (unpaired) electrons. The number of amides is 2. The second kappa shape index (κ2) is 6.87. The van der Waals surface area contributed by atoms with E-state index in [0.717, 1.165) is 12.8 Å². The van der Waals surface area contributed by atoms with Crippen LogP contribution in [0.15, 0.2) is 12.1 Å². The summed E-state index contributed by atoms with van der Waals surface area (Å²) in [5.74, 6) is -0.104. The fourth-order valence-corrected chi connectivity index (χ4v) is 3.17. The number of likely N-dealkylation sites (tertiary alicyclic amines) is 1. The largest absolute Gasteiger partial charge is 0.444 e. The molecule has 0 atom stereocenters. The van der Waals surface area contributed by atoms with E-state index in [0.29, 0.717) is 22.3 Å². The van der Waals surface area contributed by atoms with E-state index in [1.165, 1.54) is 11.3 Å². The van der Waals surface area contributed by atoms with Gasteiger partial charge >= 0.3 is 6.09 Å². The van der Waals surface area contributed by atoms with Crippen molar-refractivity contribution in [2.24, 2.45) is 0 Å². The van der Waals surface area contributed by atoms with Crippen LogP contribution in [0.4, 0.5) is 4.79 Å². The molecule has 7 heteroatoms. The highest BCUT2D eigenvalue weighted by Crippen LogP contribution is 2.22. The molecule has 1 aliphatic heterocycles. The number of rotatable bonds is 2. The van der Waals surface area contributed by atoms with Gasteiger partial charge in [0, 0.05) is 19.1 Å². The number of nitrogens with one attached hydrogen (secondary N) is 1. The van der Waals surface area contributed by atoms with Crippen molar-refractivity contribution in [1.82, 2.24) is 10.2 Å². The van der Waals surface area contributed by atoms with E-state index < -0.39 is 5.60 Å². The zero-order chi connectivity index (χ0) is 16.3. The summed E-state index contributed by atoms with van der Waals surface area (Å²) >= 11 is 7.10. The van der Waals surface area contributed by atoms with Gasteiger partial charge in [-0.2, -0.15) is 0 Å². The topological polar surface area (TPSA) is 58.6 Å². The van der Waals surface area contributed by atoms with Gasteiger partial charge in [-0.3, -0.25) is 4.79 Å². The van der Waals surface area contributed by atoms with Gasteiger partial charge in [-0.25, -0.2) is 4.79 Å². The molecule has 0 bridgehead atoms. The van der Waals surface area contributed by atoms with Crippen LogP contribution in [0.2, 0.25) is 4.34 Å². The van der Waals surface area contributed by atoms with E-state index in [4.69, 9.17) is 16.3 Å². The lowest BCUT2D eigenvalue weighted by Crippen LogP contribution is -2.47. The van der Waals surface area contributed by atoms with E-state index in [1.54, 1.807) is 17.0 Å². The number of hydrogen-bond acceptors (Lipinski definition) is 4. The average molecular weight is 345 g/mol. The van der Waals surface area contributed by atoms with Crippen molar-refractivity contribution in [2.45, 2.75) is 45.3 Å². The number of ether oxygens (including phenoxy) is 1. The predicted molar refractivity (Wildman–Crippen MR) is 87.6 cm³/mol. The maximum atomic E-state index is 12.1. The number of carbonyl (C=O) groups excluding carboxylic acids is 2. The summed E-state index contributed by atoms with van der Waals surface area (Å²) in [5.41, 5.74) is -0.486. The summed E-state index contributed by atoms with van der Waals surface area (Å²) in [7, 11) is 0. The van der Waals surface area contributed by atoms with Gasteiger partial charge in [0.1, 0.15) is 5.60 Å². The van der Waals surface area contributed by atoms with Crippen LogP contribution in [-0.2, 0) is 4.74 Å². The van der Waals surface area contributed by atoms with Gasteiger partial charge in [0.25, 0.3) is 5.91 Å².